The van der Waals surface area contributed by atoms with Gasteiger partial charge in [-0.25, -0.2) is 4.68 Å². The van der Waals surface area contributed by atoms with Crippen molar-refractivity contribution in [1.82, 2.24) is 15.1 Å². The number of nitrogens with zero attached hydrogens (tertiary/aromatic N) is 2. The van der Waals surface area contributed by atoms with Crippen LogP contribution in [0.3, 0.4) is 0 Å². The Morgan fingerprint density at radius 2 is 1.80 bits per heavy atom. The average molecular weight is 345 g/mol. The number of hydrogen-bond acceptors (Lipinski definition) is 4. The fourth-order valence-electron chi connectivity index (χ4n) is 4.54. The van der Waals surface area contributed by atoms with Crippen LogP contribution >= 0.6 is 0 Å². The van der Waals surface area contributed by atoms with Crippen molar-refractivity contribution in [3.05, 3.63) is 28.2 Å². The Kier molecular flexibility index (Phi) is 4.96. The predicted octanol–water partition coefficient (Wildman–Crippen LogP) is 2.89. The van der Waals surface area contributed by atoms with Crippen molar-refractivity contribution >= 4 is 0 Å². The van der Waals surface area contributed by atoms with Gasteiger partial charge in [-0.1, -0.05) is 19.3 Å². The van der Waals surface area contributed by atoms with E-state index in [1.807, 2.05) is 6.07 Å². The fraction of sp³-hybridized carbons (Fsp3) is 0.800. The van der Waals surface area contributed by atoms with Crippen LogP contribution in [0.15, 0.2) is 16.9 Å². The molecule has 1 heterocycles. The van der Waals surface area contributed by atoms with Crippen LogP contribution in [0, 0.1) is 0 Å². The van der Waals surface area contributed by atoms with E-state index in [4.69, 9.17) is 0 Å². The molecule has 3 aliphatic rings. The summed E-state index contributed by atoms with van der Waals surface area (Å²) in [7, 11) is 0. The van der Waals surface area contributed by atoms with Crippen molar-refractivity contribution in [2.45, 2.75) is 94.2 Å². The molecule has 0 bridgehead atoms. The zero-order valence-corrected chi connectivity index (χ0v) is 15.1. The highest BCUT2D eigenvalue weighted by Gasteiger charge is 2.31. The van der Waals surface area contributed by atoms with Gasteiger partial charge in [-0.3, -0.25) is 4.79 Å². The second-order valence-electron chi connectivity index (χ2n) is 8.49. The van der Waals surface area contributed by atoms with E-state index in [1.54, 1.807) is 10.7 Å². The number of nitrogens with one attached hydrogen (secondary N) is 1. The maximum atomic E-state index is 12.2. The third-order valence-electron chi connectivity index (χ3n) is 6.39. The standard InChI is InChI=1S/C20H31N3O2/c24-19-11-10-18(15-4-5-15)22-23(19)17-8-6-16(7-9-17)21-14-20(25)12-2-1-3-13-20/h10-11,15-17,21,25H,1-9,12-14H2. The lowest BCUT2D eigenvalue weighted by Gasteiger charge is -2.36. The van der Waals surface area contributed by atoms with Crippen LogP contribution in [0.5, 0.6) is 0 Å². The lowest BCUT2D eigenvalue weighted by atomic mass is 9.84. The summed E-state index contributed by atoms with van der Waals surface area (Å²) in [6.07, 6.45) is 12.0. The predicted molar refractivity (Wildman–Crippen MR) is 97.8 cm³/mol. The molecule has 0 radical (unpaired) electrons. The van der Waals surface area contributed by atoms with Crippen molar-refractivity contribution < 1.29 is 5.11 Å². The molecule has 3 aliphatic carbocycles. The molecule has 0 spiro atoms. The van der Waals surface area contributed by atoms with E-state index in [-0.39, 0.29) is 11.6 Å². The molecule has 4 rings (SSSR count). The Labute approximate surface area is 149 Å². The van der Waals surface area contributed by atoms with Gasteiger partial charge in [-0.05, 0) is 57.4 Å². The molecule has 0 atom stereocenters. The van der Waals surface area contributed by atoms with E-state index < -0.39 is 5.60 Å². The van der Waals surface area contributed by atoms with Crippen LogP contribution in [-0.2, 0) is 0 Å². The minimum atomic E-state index is -0.494. The lowest BCUT2D eigenvalue weighted by molar-refractivity contribution is 0.00127. The highest BCUT2D eigenvalue weighted by atomic mass is 16.3. The number of rotatable bonds is 5. The van der Waals surface area contributed by atoms with Crippen LogP contribution in [0.2, 0.25) is 0 Å². The Bertz CT molecular complexity index is 639. The second-order valence-corrected chi connectivity index (χ2v) is 8.49. The van der Waals surface area contributed by atoms with E-state index >= 15 is 0 Å². The Balaban J connectivity index is 1.31. The van der Waals surface area contributed by atoms with Crippen LogP contribution in [0.4, 0.5) is 0 Å². The van der Waals surface area contributed by atoms with Gasteiger partial charge in [0.2, 0.25) is 0 Å². The van der Waals surface area contributed by atoms with Crippen LogP contribution in [0.1, 0.15) is 88.3 Å². The van der Waals surface area contributed by atoms with Gasteiger partial charge in [0.05, 0.1) is 17.3 Å². The molecule has 1 aromatic rings. The molecule has 0 aromatic carbocycles. The van der Waals surface area contributed by atoms with Crippen molar-refractivity contribution in [2.75, 3.05) is 6.54 Å². The van der Waals surface area contributed by atoms with E-state index in [0.717, 1.165) is 63.6 Å². The molecule has 5 nitrogen and oxygen atoms in total. The summed E-state index contributed by atoms with van der Waals surface area (Å²) in [5.41, 5.74) is 0.642. The summed E-state index contributed by atoms with van der Waals surface area (Å²) >= 11 is 0. The number of aliphatic hydroxyl groups is 1. The fourth-order valence-corrected chi connectivity index (χ4v) is 4.54. The van der Waals surface area contributed by atoms with Crippen LogP contribution < -0.4 is 10.9 Å². The summed E-state index contributed by atoms with van der Waals surface area (Å²) in [6, 6.07) is 4.31. The highest BCUT2D eigenvalue weighted by Crippen LogP contribution is 2.38. The largest absolute Gasteiger partial charge is 0.389 e. The molecule has 3 saturated carbocycles. The summed E-state index contributed by atoms with van der Waals surface area (Å²) in [5.74, 6) is 0.584. The molecule has 0 amide bonds. The van der Waals surface area contributed by atoms with Crippen molar-refractivity contribution in [1.29, 1.82) is 0 Å². The SMILES string of the molecule is O=c1ccc(C2CC2)nn1C1CCC(NCC2(O)CCCCC2)CC1. The number of hydrogen-bond donors (Lipinski definition) is 2. The van der Waals surface area contributed by atoms with E-state index in [0.29, 0.717) is 12.0 Å². The molecular weight excluding hydrogens is 314 g/mol. The molecule has 1 aromatic heterocycles. The molecule has 138 valence electrons. The maximum Gasteiger partial charge on any atom is 0.267 e. The summed E-state index contributed by atoms with van der Waals surface area (Å²) < 4.78 is 1.75. The monoisotopic (exact) mass is 345 g/mol. The minimum absolute atomic E-state index is 0.0392. The zero-order valence-electron chi connectivity index (χ0n) is 15.1. The third-order valence-corrected chi connectivity index (χ3v) is 6.39. The van der Waals surface area contributed by atoms with Gasteiger partial charge < -0.3 is 10.4 Å². The van der Waals surface area contributed by atoms with Crippen molar-refractivity contribution in [2.24, 2.45) is 0 Å². The van der Waals surface area contributed by atoms with Crippen LogP contribution in [0.25, 0.3) is 0 Å². The molecule has 3 fully saturated rings. The van der Waals surface area contributed by atoms with Gasteiger partial charge in [0, 0.05) is 24.6 Å². The van der Waals surface area contributed by atoms with Gasteiger partial charge >= 0.3 is 0 Å². The summed E-state index contributed by atoms with van der Waals surface area (Å²) in [6.45, 7) is 0.720. The quantitative estimate of drug-likeness (QED) is 0.861. The zero-order chi connectivity index (χ0) is 17.3. The minimum Gasteiger partial charge on any atom is -0.389 e. The summed E-state index contributed by atoms with van der Waals surface area (Å²) in [4.78, 5) is 12.2. The first kappa shape index (κ1) is 17.2. The second kappa shape index (κ2) is 7.20. The molecule has 0 saturated heterocycles. The Morgan fingerprint density at radius 3 is 2.48 bits per heavy atom. The van der Waals surface area contributed by atoms with E-state index in [1.165, 1.54) is 19.3 Å². The molecule has 25 heavy (non-hydrogen) atoms. The summed E-state index contributed by atoms with van der Waals surface area (Å²) in [5, 5.41) is 18.9. The average Bonchev–Trinajstić information content (AvgIpc) is 3.47. The Hall–Kier alpha value is -1.20. The van der Waals surface area contributed by atoms with Gasteiger partial charge in [0.1, 0.15) is 0 Å². The lowest BCUT2D eigenvalue weighted by Crippen LogP contribution is -2.47. The first-order chi connectivity index (χ1) is 12.1. The number of aromatic nitrogens is 2. The smallest absolute Gasteiger partial charge is 0.267 e. The molecule has 0 unspecified atom stereocenters. The third kappa shape index (κ3) is 4.14. The maximum absolute atomic E-state index is 12.2. The highest BCUT2D eigenvalue weighted by molar-refractivity contribution is 5.13. The molecule has 5 heteroatoms. The first-order valence-corrected chi connectivity index (χ1v) is 10.2. The van der Waals surface area contributed by atoms with Crippen molar-refractivity contribution in [3.8, 4) is 0 Å². The van der Waals surface area contributed by atoms with E-state index in [9.17, 15) is 9.90 Å². The van der Waals surface area contributed by atoms with Crippen molar-refractivity contribution in [3.63, 3.8) is 0 Å². The van der Waals surface area contributed by atoms with Gasteiger partial charge in [0.25, 0.3) is 5.56 Å². The van der Waals surface area contributed by atoms with Gasteiger partial charge in [0.15, 0.2) is 0 Å². The Morgan fingerprint density at radius 1 is 1.08 bits per heavy atom. The first-order valence-electron chi connectivity index (χ1n) is 10.2. The molecule has 2 N–H and O–H groups in total. The molecular formula is C20H31N3O2. The normalized spacial score (nSPS) is 29.5. The topological polar surface area (TPSA) is 67.2 Å². The van der Waals surface area contributed by atoms with E-state index in [2.05, 4.69) is 10.4 Å². The van der Waals surface area contributed by atoms with Gasteiger partial charge in [-0.15, -0.1) is 0 Å². The molecule has 0 aliphatic heterocycles. The van der Waals surface area contributed by atoms with Crippen LogP contribution in [-0.4, -0.2) is 33.1 Å². The van der Waals surface area contributed by atoms with Gasteiger partial charge in [-0.2, -0.15) is 5.10 Å².